The quantitative estimate of drug-likeness (QED) is 0.728. The third-order valence-corrected chi connectivity index (χ3v) is 10.9. The van der Waals surface area contributed by atoms with Crippen molar-refractivity contribution < 1.29 is 24.4 Å². The van der Waals surface area contributed by atoms with Crippen LogP contribution in [0.5, 0.6) is 0 Å². The highest BCUT2D eigenvalue weighted by Gasteiger charge is 2.83. The van der Waals surface area contributed by atoms with Crippen molar-refractivity contribution in [3.8, 4) is 0 Å². The summed E-state index contributed by atoms with van der Waals surface area (Å²) in [7, 11) is 7.71. The number of ether oxygens (including phenoxy) is 3. The number of hydrogen-bond acceptors (Lipinski definition) is 6. The Labute approximate surface area is 173 Å². The van der Waals surface area contributed by atoms with E-state index in [0.717, 1.165) is 38.8 Å². The molecule has 0 radical (unpaired) electrons. The Morgan fingerprint density at radius 2 is 1.90 bits per heavy atom. The van der Waals surface area contributed by atoms with Gasteiger partial charge in [-0.3, -0.25) is 0 Å². The summed E-state index contributed by atoms with van der Waals surface area (Å²) < 4.78 is 17.9. The Bertz CT molecular complexity index is 705. The molecule has 2 N–H and O–H groups in total. The van der Waals surface area contributed by atoms with Crippen molar-refractivity contribution in [2.75, 3.05) is 41.5 Å². The molecule has 0 aromatic rings. The van der Waals surface area contributed by atoms with Gasteiger partial charge in [0, 0.05) is 68.9 Å². The molecule has 0 amide bonds. The molecule has 164 valence electrons. The van der Waals surface area contributed by atoms with E-state index < -0.39 is 11.7 Å². The van der Waals surface area contributed by atoms with Crippen molar-refractivity contribution in [2.45, 2.75) is 62.1 Å². The lowest BCUT2D eigenvalue weighted by molar-refractivity contribution is -0.273. The second kappa shape index (κ2) is 5.96. The Morgan fingerprint density at radius 3 is 2.59 bits per heavy atom. The minimum absolute atomic E-state index is 0.00153. The maximum absolute atomic E-state index is 12.3. The van der Waals surface area contributed by atoms with Crippen LogP contribution in [-0.2, 0) is 14.2 Å². The molecule has 5 aliphatic carbocycles. The Hall–Kier alpha value is -0.240. The first-order chi connectivity index (χ1) is 13.9. The highest BCUT2D eigenvalue weighted by molar-refractivity contribution is 5.33. The van der Waals surface area contributed by atoms with E-state index in [1.54, 1.807) is 7.11 Å². The monoisotopic (exact) mass is 407 g/mol. The van der Waals surface area contributed by atoms with Gasteiger partial charge in [-0.25, -0.2) is 0 Å². The summed E-state index contributed by atoms with van der Waals surface area (Å²) in [6.07, 6.45) is 4.49. The van der Waals surface area contributed by atoms with E-state index in [2.05, 4.69) is 11.9 Å². The Morgan fingerprint density at radius 1 is 1.10 bits per heavy atom. The number of aliphatic hydroxyl groups excluding tert-OH is 1. The number of rotatable bonds is 4. The molecular formula is C23H37NO5. The number of fused-ring (bicyclic) bond motifs is 2. The molecule has 1 aliphatic heterocycles. The van der Waals surface area contributed by atoms with E-state index in [-0.39, 0.29) is 46.7 Å². The van der Waals surface area contributed by atoms with Crippen LogP contribution in [0.4, 0.5) is 0 Å². The largest absolute Gasteiger partial charge is 0.392 e. The number of likely N-dealkylation sites (tertiary alicyclic amines) is 1. The van der Waals surface area contributed by atoms with Gasteiger partial charge in [0.15, 0.2) is 0 Å². The molecule has 1 spiro atoms. The van der Waals surface area contributed by atoms with E-state index in [9.17, 15) is 10.2 Å². The van der Waals surface area contributed by atoms with Gasteiger partial charge >= 0.3 is 0 Å². The first-order valence-electron chi connectivity index (χ1n) is 11.5. The average molecular weight is 408 g/mol. The van der Waals surface area contributed by atoms with Crippen molar-refractivity contribution in [2.24, 2.45) is 40.4 Å². The standard InChI is InChI=1S/C23H37NO5/c1-24-10-21(11-27-2)6-5-17(29-4)23-13-7-12-15(28-3)9-22(26,18(13)19(12)25)14(20(23)24)8-16(21)23/h12-20,25-26H,5-11H2,1-4H3/t12?,13-,14?,15+,16-,17+,18-,19+,20?,21+,22?,23?/m1/s1. The zero-order chi connectivity index (χ0) is 20.3. The molecule has 5 saturated carbocycles. The van der Waals surface area contributed by atoms with E-state index in [1.165, 1.54) is 0 Å². The molecule has 6 rings (SSSR count). The van der Waals surface area contributed by atoms with Gasteiger partial charge in [-0.15, -0.1) is 0 Å². The first kappa shape index (κ1) is 19.4. The zero-order valence-electron chi connectivity index (χ0n) is 18.2. The van der Waals surface area contributed by atoms with Gasteiger partial charge in [0.2, 0.25) is 0 Å². The first-order valence-corrected chi connectivity index (χ1v) is 11.5. The predicted octanol–water partition coefficient (Wildman–Crippen LogP) is 1.14. The highest BCUT2D eigenvalue weighted by atomic mass is 16.5. The van der Waals surface area contributed by atoms with Gasteiger partial charge in [-0.2, -0.15) is 0 Å². The summed E-state index contributed by atoms with van der Waals surface area (Å²) in [4.78, 5) is 2.55. The normalized spacial score (nSPS) is 62.5. The molecule has 29 heavy (non-hydrogen) atoms. The number of hydrogen-bond donors (Lipinski definition) is 2. The highest BCUT2D eigenvalue weighted by Crippen LogP contribution is 2.78. The molecule has 1 saturated heterocycles. The minimum atomic E-state index is -0.847. The molecule has 5 unspecified atom stereocenters. The van der Waals surface area contributed by atoms with E-state index in [0.29, 0.717) is 18.4 Å². The number of nitrogens with zero attached hydrogens (tertiary/aromatic N) is 1. The summed E-state index contributed by atoms with van der Waals surface area (Å²) in [5.41, 5.74) is -0.721. The average Bonchev–Trinajstić information content (AvgIpc) is 3.13. The van der Waals surface area contributed by atoms with Gasteiger partial charge in [0.1, 0.15) is 0 Å². The molecule has 6 nitrogen and oxygen atoms in total. The van der Waals surface area contributed by atoms with Crippen molar-refractivity contribution in [3.05, 3.63) is 0 Å². The van der Waals surface area contributed by atoms with Crippen molar-refractivity contribution >= 4 is 0 Å². The van der Waals surface area contributed by atoms with Crippen LogP contribution in [-0.4, -0.2) is 86.6 Å². The van der Waals surface area contributed by atoms with E-state index >= 15 is 0 Å². The van der Waals surface area contributed by atoms with Crippen LogP contribution in [0.2, 0.25) is 0 Å². The van der Waals surface area contributed by atoms with E-state index in [4.69, 9.17) is 14.2 Å². The molecule has 6 fully saturated rings. The SMILES string of the molecule is COC[C@@]12CC[C@H](OC)C34C(C(C[C@@H]31)C1(O)C[C@H](OC)C3C[C@@H]4[C@@H]1[C@H]3O)N(C)C2. The topological polar surface area (TPSA) is 71.4 Å². The fourth-order valence-corrected chi connectivity index (χ4v) is 10.6. The van der Waals surface area contributed by atoms with Crippen molar-refractivity contribution in [1.82, 2.24) is 4.90 Å². The molecule has 7 bridgehead atoms. The molecule has 6 heteroatoms. The molecule has 1 heterocycles. The third-order valence-electron chi connectivity index (χ3n) is 10.9. The fraction of sp³-hybridized carbons (Fsp3) is 1.00. The van der Waals surface area contributed by atoms with Crippen LogP contribution in [0.25, 0.3) is 0 Å². The molecule has 6 aliphatic rings. The number of piperidine rings is 1. The Balaban J connectivity index is 1.58. The molecule has 12 atom stereocenters. The second-order valence-electron chi connectivity index (χ2n) is 11.3. The van der Waals surface area contributed by atoms with Crippen molar-refractivity contribution in [3.63, 3.8) is 0 Å². The maximum Gasteiger partial charge on any atom is 0.0771 e. The van der Waals surface area contributed by atoms with Gasteiger partial charge < -0.3 is 29.3 Å². The lowest BCUT2D eigenvalue weighted by Crippen LogP contribution is -2.76. The summed E-state index contributed by atoms with van der Waals surface area (Å²) in [6, 6.07) is 0.315. The van der Waals surface area contributed by atoms with Crippen LogP contribution in [0.1, 0.15) is 32.1 Å². The van der Waals surface area contributed by atoms with Crippen LogP contribution < -0.4 is 0 Å². The van der Waals surface area contributed by atoms with Crippen LogP contribution in [0.15, 0.2) is 0 Å². The van der Waals surface area contributed by atoms with Gasteiger partial charge in [-0.05, 0) is 44.6 Å². The Kier molecular flexibility index (Phi) is 4.00. The summed E-state index contributed by atoms with van der Waals surface area (Å²) in [5, 5.41) is 23.6. The van der Waals surface area contributed by atoms with Crippen molar-refractivity contribution in [1.29, 1.82) is 0 Å². The summed E-state index contributed by atoms with van der Waals surface area (Å²) in [5.74, 6) is 1.02. The fourth-order valence-electron chi connectivity index (χ4n) is 10.6. The smallest absolute Gasteiger partial charge is 0.0771 e. The number of aliphatic hydroxyl groups is 2. The minimum Gasteiger partial charge on any atom is -0.392 e. The molecule has 0 aromatic carbocycles. The summed E-state index contributed by atoms with van der Waals surface area (Å²) >= 11 is 0. The summed E-state index contributed by atoms with van der Waals surface area (Å²) in [6.45, 7) is 1.82. The predicted molar refractivity (Wildman–Crippen MR) is 106 cm³/mol. The molecular weight excluding hydrogens is 370 g/mol. The van der Waals surface area contributed by atoms with Crippen LogP contribution in [0, 0.1) is 40.4 Å². The maximum atomic E-state index is 12.3. The lowest BCUT2D eigenvalue weighted by Gasteiger charge is -2.69. The second-order valence-corrected chi connectivity index (χ2v) is 11.3. The van der Waals surface area contributed by atoms with Crippen LogP contribution >= 0.6 is 0 Å². The third kappa shape index (κ3) is 1.93. The van der Waals surface area contributed by atoms with Gasteiger partial charge in [0.05, 0.1) is 30.5 Å². The number of methoxy groups -OCH3 is 3. The molecule has 0 aromatic heterocycles. The van der Waals surface area contributed by atoms with Gasteiger partial charge in [0.25, 0.3) is 0 Å². The van der Waals surface area contributed by atoms with E-state index in [1.807, 2.05) is 14.2 Å². The van der Waals surface area contributed by atoms with Gasteiger partial charge in [-0.1, -0.05) is 0 Å². The van der Waals surface area contributed by atoms with Crippen LogP contribution in [0.3, 0.4) is 0 Å². The zero-order valence-corrected chi connectivity index (χ0v) is 18.2. The lowest BCUT2D eigenvalue weighted by atomic mass is 9.43.